The second-order valence-electron chi connectivity index (χ2n) is 3.17. The molecule has 0 saturated carbocycles. The summed E-state index contributed by atoms with van der Waals surface area (Å²) in [5.41, 5.74) is 10.8. The smallest absolute Gasteiger partial charge is 0.130 e. The highest BCUT2D eigenvalue weighted by Gasteiger charge is 2.12. The summed E-state index contributed by atoms with van der Waals surface area (Å²) in [4.78, 5) is 6.84. The number of aryl methyl sites for hydroxylation is 1. The Labute approximate surface area is 76.2 Å². The van der Waals surface area contributed by atoms with Gasteiger partial charge in [0, 0.05) is 11.1 Å². The first-order valence-electron chi connectivity index (χ1n) is 4.43. The first-order valence-corrected chi connectivity index (χ1v) is 4.43. The number of nitrogens with zero attached hydrogens (tertiary/aromatic N) is 4. The van der Waals surface area contributed by atoms with Crippen LogP contribution in [0.2, 0.25) is 0 Å². The molecule has 0 N–H and O–H groups in total. The van der Waals surface area contributed by atoms with E-state index in [2.05, 4.69) is 15.0 Å². The number of hydrogen-bond donors (Lipinski definition) is 0. The van der Waals surface area contributed by atoms with Crippen LogP contribution in [-0.2, 0) is 12.8 Å². The van der Waals surface area contributed by atoms with Gasteiger partial charge in [-0.05, 0) is 53.5 Å². The maximum atomic E-state index is 8.34. The van der Waals surface area contributed by atoms with E-state index >= 15 is 0 Å². The fourth-order valence-corrected chi connectivity index (χ4v) is 1.77. The monoisotopic (exact) mass is 174 g/mol. The van der Waals surface area contributed by atoms with E-state index in [0.717, 1.165) is 18.4 Å². The Morgan fingerprint density at radius 1 is 1.38 bits per heavy atom. The highest BCUT2D eigenvalue weighted by atomic mass is 15.2. The number of hydrogen-bond acceptors (Lipinski definition) is 2. The minimum absolute atomic E-state index is 0.569. The van der Waals surface area contributed by atoms with E-state index in [1.165, 1.54) is 18.4 Å². The molecule has 13 heavy (non-hydrogen) atoms. The summed E-state index contributed by atoms with van der Waals surface area (Å²) in [6.07, 6.45) is 6.21. The fraction of sp³-hybridized carbons (Fsp3) is 0.444. The second kappa shape index (κ2) is 3.46. The SMILES string of the molecule is [N-]=[N+]=Nc1nccc2c1CCCC2. The largest absolute Gasteiger partial charge is 0.254 e. The molecule has 0 aromatic carbocycles. The summed E-state index contributed by atoms with van der Waals surface area (Å²) in [5.74, 6) is 0.569. The summed E-state index contributed by atoms with van der Waals surface area (Å²) >= 11 is 0. The van der Waals surface area contributed by atoms with Crippen molar-refractivity contribution in [2.45, 2.75) is 25.7 Å². The van der Waals surface area contributed by atoms with Gasteiger partial charge >= 0.3 is 0 Å². The van der Waals surface area contributed by atoms with Crippen molar-refractivity contribution in [2.75, 3.05) is 0 Å². The molecule has 66 valence electrons. The van der Waals surface area contributed by atoms with Gasteiger partial charge in [0.05, 0.1) is 0 Å². The zero-order chi connectivity index (χ0) is 9.10. The minimum atomic E-state index is 0.569. The predicted molar refractivity (Wildman–Crippen MR) is 49.7 cm³/mol. The Morgan fingerprint density at radius 3 is 3.08 bits per heavy atom. The molecular weight excluding hydrogens is 164 g/mol. The fourth-order valence-electron chi connectivity index (χ4n) is 1.77. The van der Waals surface area contributed by atoms with Crippen LogP contribution in [0.4, 0.5) is 5.82 Å². The highest BCUT2D eigenvalue weighted by Crippen LogP contribution is 2.27. The van der Waals surface area contributed by atoms with Gasteiger partial charge in [-0.1, -0.05) is 0 Å². The minimum Gasteiger partial charge on any atom is -0.254 e. The van der Waals surface area contributed by atoms with Crippen molar-refractivity contribution in [1.82, 2.24) is 4.98 Å². The van der Waals surface area contributed by atoms with E-state index in [-0.39, 0.29) is 0 Å². The Morgan fingerprint density at radius 2 is 2.23 bits per heavy atom. The predicted octanol–water partition coefficient (Wildman–Crippen LogP) is 2.90. The van der Waals surface area contributed by atoms with E-state index in [0.29, 0.717) is 5.82 Å². The van der Waals surface area contributed by atoms with Gasteiger partial charge < -0.3 is 0 Å². The molecule has 0 radical (unpaired) electrons. The van der Waals surface area contributed by atoms with Gasteiger partial charge in [0.15, 0.2) is 0 Å². The lowest BCUT2D eigenvalue weighted by atomic mass is 9.93. The molecular formula is C9H10N4. The summed E-state index contributed by atoms with van der Waals surface area (Å²) < 4.78 is 0. The number of pyridine rings is 1. The van der Waals surface area contributed by atoms with Crippen LogP contribution in [0.1, 0.15) is 24.0 Å². The normalized spacial score (nSPS) is 14.5. The zero-order valence-corrected chi connectivity index (χ0v) is 7.27. The van der Waals surface area contributed by atoms with Gasteiger partial charge in [-0.3, -0.25) is 4.98 Å². The summed E-state index contributed by atoms with van der Waals surface area (Å²) in [6, 6.07) is 2.02. The quantitative estimate of drug-likeness (QED) is 0.367. The van der Waals surface area contributed by atoms with Gasteiger partial charge in [-0.2, -0.15) is 0 Å². The summed E-state index contributed by atoms with van der Waals surface area (Å²) in [6.45, 7) is 0. The molecule has 4 nitrogen and oxygen atoms in total. The molecule has 1 aliphatic carbocycles. The van der Waals surface area contributed by atoms with E-state index in [9.17, 15) is 0 Å². The molecule has 1 aromatic rings. The molecule has 0 saturated heterocycles. The summed E-state index contributed by atoms with van der Waals surface area (Å²) in [7, 11) is 0. The molecule has 0 bridgehead atoms. The third kappa shape index (κ3) is 1.48. The molecule has 0 unspecified atom stereocenters. The third-order valence-corrected chi connectivity index (χ3v) is 2.39. The van der Waals surface area contributed by atoms with Crippen molar-refractivity contribution >= 4 is 5.82 Å². The Balaban J connectivity index is 2.51. The van der Waals surface area contributed by atoms with E-state index < -0.39 is 0 Å². The lowest BCUT2D eigenvalue weighted by Crippen LogP contribution is -2.03. The van der Waals surface area contributed by atoms with Gasteiger partial charge in [-0.15, -0.1) is 0 Å². The molecule has 4 heteroatoms. The highest BCUT2D eigenvalue weighted by molar-refractivity contribution is 5.44. The van der Waals surface area contributed by atoms with Crippen molar-refractivity contribution in [1.29, 1.82) is 0 Å². The lowest BCUT2D eigenvalue weighted by molar-refractivity contribution is 0.683. The Kier molecular flexibility index (Phi) is 2.15. The standard InChI is InChI=1S/C9H10N4/c10-13-12-9-8-4-2-1-3-7(8)5-6-11-9/h5-6H,1-4H2. The van der Waals surface area contributed by atoms with Crippen LogP contribution in [0.25, 0.3) is 10.4 Å². The van der Waals surface area contributed by atoms with Crippen LogP contribution in [0.5, 0.6) is 0 Å². The number of fused-ring (bicyclic) bond motifs is 1. The molecule has 0 fully saturated rings. The van der Waals surface area contributed by atoms with Gasteiger partial charge in [0.2, 0.25) is 0 Å². The molecule has 0 atom stereocenters. The van der Waals surface area contributed by atoms with Crippen LogP contribution in [-0.4, -0.2) is 4.98 Å². The maximum Gasteiger partial charge on any atom is 0.130 e. The van der Waals surface area contributed by atoms with Crippen LogP contribution >= 0.6 is 0 Å². The number of rotatable bonds is 1. The first kappa shape index (κ1) is 8.08. The van der Waals surface area contributed by atoms with Crippen molar-refractivity contribution < 1.29 is 0 Å². The Hall–Kier alpha value is -1.54. The number of azide groups is 1. The molecule has 0 spiro atoms. The van der Waals surface area contributed by atoms with Gasteiger partial charge in [0.25, 0.3) is 0 Å². The maximum absolute atomic E-state index is 8.34. The molecule has 0 aliphatic heterocycles. The third-order valence-electron chi connectivity index (χ3n) is 2.39. The van der Waals surface area contributed by atoms with Crippen molar-refractivity contribution in [3.8, 4) is 0 Å². The van der Waals surface area contributed by atoms with Crippen LogP contribution in [0.15, 0.2) is 17.4 Å². The van der Waals surface area contributed by atoms with Crippen molar-refractivity contribution in [2.24, 2.45) is 5.11 Å². The average molecular weight is 174 g/mol. The summed E-state index contributed by atoms with van der Waals surface area (Å²) in [5, 5.41) is 3.59. The second-order valence-corrected chi connectivity index (χ2v) is 3.17. The first-order chi connectivity index (χ1) is 6.42. The Bertz CT molecular complexity index is 366. The number of aromatic nitrogens is 1. The van der Waals surface area contributed by atoms with Gasteiger partial charge in [0.1, 0.15) is 5.82 Å². The molecule has 1 aliphatic rings. The van der Waals surface area contributed by atoms with E-state index in [4.69, 9.17) is 5.53 Å². The average Bonchev–Trinajstić information content (AvgIpc) is 2.19. The molecule has 1 heterocycles. The van der Waals surface area contributed by atoms with Crippen molar-refractivity contribution in [3.63, 3.8) is 0 Å². The molecule has 0 amide bonds. The molecule has 1 aromatic heterocycles. The topological polar surface area (TPSA) is 61.7 Å². The van der Waals surface area contributed by atoms with Crippen LogP contribution in [0.3, 0.4) is 0 Å². The van der Waals surface area contributed by atoms with Gasteiger partial charge in [-0.25, -0.2) is 0 Å². The molecule has 2 rings (SSSR count). The van der Waals surface area contributed by atoms with Crippen LogP contribution in [0, 0.1) is 0 Å². The van der Waals surface area contributed by atoms with Crippen LogP contribution < -0.4 is 0 Å². The van der Waals surface area contributed by atoms with E-state index in [1.807, 2.05) is 6.07 Å². The lowest BCUT2D eigenvalue weighted by Gasteiger charge is -2.15. The van der Waals surface area contributed by atoms with E-state index in [1.54, 1.807) is 6.20 Å². The zero-order valence-electron chi connectivity index (χ0n) is 7.27. The van der Waals surface area contributed by atoms with Crippen molar-refractivity contribution in [3.05, 3.63) is 33.8 Å².